The molecular weight excluding hydrogens is 256 g/mol. The minimum absolute atomic E-state index is 0.347. The van der Waals surface area contributed by atoms with Gasteiger partial charge in [0.25, 0.3) is 0 Å². The topological polar surface area (TPSA) is 69.9 Å². The summed E-state index contributed by atoms with van der Waals surface area (Å²) in [6.07, 6.45) is 5.65. The van der Waals surface area contributed by atoms with Gasteiger partial charge in [-0.25, -0.2) is 9.48 Å². The predicted molar refractivity (Wildman–Crippen MR) is 71.3 cm³/mol. The highest BCUT2D eigenvalue weighted by atomic mass is 16.5. The lowest BCUT2D eigenvalue weighted by molar-refractivity contribution is 0.0518. The molecule has 1 saturated carbocycles. The maximum atomic E-state index is 11.9. The SMILES string of the molecule is CCOC(=O)c1nnn(Cc2ccncc2)c1C1CC1. The second kappa shape index (κ2) is 5.40. The van der Waals surface area contributed by atoms with Gasteiger partial charge in [0.1, 0.15) is 0 Å². The lowest BCUT2D eigenvalue weighted by Gasteiger charge is -2.06. The van der Waals surface area contributed by atoms with E-state index in [2.05, 4.69) is 15.3 Å². The van der Waals surface area contributed by atoms with Crippen molar-refractivity contribution >= 4 is 5.97 Å². The van der Waals surface area contributed by atoms with Crippen LogP contribution in [0.4, 0.5) is 0 Å². The van der Waals surface area contributed by atoms with Gasteiger partial charge in [-0.2, -0.15) is 0 Å². The van der Waals surface area contributed by atoms with Crippen LogP contribution < -0.4 is 0 Å². The Morgan fingerprint density at radius 3 is 2.80 bits per heavy atom. The molecule has 0 atom stereocenters. The summed E-state index contributed by atoms with van der Waals surface area (Å²) in [6.45, 7) is 2.73. The minimum Gasteiger partial charge on any atom is -0.461 e. The van der Waals surface area contributed by atoms with Gasteiger partial charge in [0, 0.05) is 18.3 Å². The van der Waals surface area contributed by atoms with Crippen molar-refractivity contribution in [1.29, 1.82) is 0 Å². The number of rotatable bonds is 5. The van der Waals surface area contributed by atoms with Crippen LogP contribution in [-0.2, 0) is 11.3 Å². The Bertz CT molecular complexity index is 605. The van der Waals surface area contributed by atoms with Gasteiger partial charge in [0.15, 0.2) is 5.69 Å². The molecule has 20 heavy (non-hydrogen) atoms. The standard InChI is InChI=1S/C14H16N4O2/c1-2-20-14(19)12-13(11-3-4-11)18(17-16-12)9-10-5-7-15-8-6-10/h5-8,11H,2-4,9H2,1H3. The fourth-order valence-electron chi connectivity index (χ4n) is 2.20. The van der Waals surface area contributed by atoms with Crippen LogP contribution in [0.3, 0.4) is 0 Å². The van der Waals surface area contributed by atoms with Crippen LogP contribution in [0, 0.1) is 0 Å². The summed E-state index contributed by atoms with van der Waals surface area (Å²) < 4.78 is 6.85. The van der Waals surface area contributed by atoms with Crippen LogP contribution >= 0.6 is 0 Å². The summed E-state index contributed by atoms with van der Waals surface area (Å²) in [5.41, 5.74) is 2.35. The first kappa shape index (κ1) is 12.8. The van der Waals surface area contributed by atoms with Gasteiger partial charge >= 0.3 is 5.97 Å². The fourth-order valence-corrected chi connectivity index (χ4v) is 2.20. The number of nitrogens with zero attached hydrogens (tertiary/aromatic N) is 4. The van der Waals surface area contributed by atoms with Gasteiger partial charge in [-0.15, -0.1) is 5.10 Å². The van der Waals surface area contributed by atoms with Gasteiger partial charge in [-0.3, -0.25) is 4.98 Å². The second-order valence-electron chi connectivity index (χ2n) is 4.83. The van der Waals surface area contributed by atoms with Crippen LogP contribution in [0.5, 0.6) is 0 Å². The van der Waals surface area contributed by atoms with E-state index in [4.69, 9.17) is 4.74 Å². The molecule has 0 saturated heterocycles. The maximum Gasteiger partial charge on any atom is 0.360 e. The summed E-state index contributed by atoms with van der Waals surface area (Å²) >= 11 is 0. The average Bonchev–Trinajstić information content (AvgIpc) is 3.21. The van der Waals surface area contributed by atoms with E-state index in [9.17, 15) is 4.79 Å². The largest absolute Gasteiger partial charge is 0.461 e. The van der Waals surface area contributed by atoms with E-state index in [1.54, 1.807) is 24.0 Å². The summed E-state index contributed by atoms with van der Waals surface area (Å²) in [4.78, 5) is 15.9. The Morgan fingerprint density at radius 1 is 1.40 bits per heavy atom. The molecular formula is C14H16N4O2. The Hall–Kier alpha value is -2.24. The highest BCUT2D eigenvalue weighted by molar-refractivity contribution is 5.88. The van der Waals surface area contributed by atoms with E-state index in [0.29, 0.717) is 24.8 Å². The van der Waals surface area contributed by atoms with Crippen LogP contribution in [-0.4, -0.2) is 32.6 Å². The molecule has 0 amide bonds. The number of carbonyl (C=O) groups excluding carboxylic acids is 1. The van der Waals surface area contributed by atoms with Gasteiger partial charge < -0.3 is 4.74 Å². The fraction of sp³-hybridized carbons (Fsp3) is 0.429. The number of ether oxygens (including phenoxy) is 1. The van der Waals surface area contributed by atoms with E-state index in [-0.39, 0.29) is 5.97 Å². The number of esters is 1. The number of pyridine rings is 1. The molecule has 2 aromatic heterocycles. The zero-order chi connectivity index (χ0) is 13.9. The smallest absolute Gasteiger partial charge is 0.360 e. The Labute approximate surface area is 116 Å². The Morgan fingerprint density at radius 2 is 2.15 bits per heavy atom. The first-order valence-electron chi connectivity index (χ1n) is 6.79. The molecule has 6 heteroatoms. The van der Waals surface area contributed by atoms with E-state index in [0.717, 1.165) is 24.1 Å². The Balaban J connectivity index is 1.89. The number of hydrogen-bond donors (Lipinski definition) is 0. The minimum atomic E-state index is -0.379. The quantitative estimate of drug-likeness (QED) is 0.776. The third-order valence-corrected chi connectivity index (χ3v) is 3.29. The first-order valence-corrected chi connectivity index (χ1v) is 6.79. The Kier molecular flexibility index (Phi) is 3.45. The lowest BCUT2D eigenvalue weighted by atomic mass is 10.2. The monoisotopic (exact) mass is 272 g/mol. The molecule has 0 spiro atoms. The molecule has 3 rings (SSSR count). The summed E-state index contributed by atoms with van der Waals surface area (Å²) in [6, 6.07) is 3.87. The van der Waals surface area contributed by atoms with Crippen molar-refractivity contribution in [3.8, 4) is 0 Å². The van der Waals surface area contributed by atoms with E-state index >= 15 is 0 Å². The summed E-state index contributed by atoms with van der Waals surface area (Å²) in [5, 5.41) is 8.14. The van der Waals surface area contributed by atoms with Gasteiger partial charge in [-0.05, 0) is 37.5 Å². The van der Waals surface area contributed by atoms with Gasteiger partial charge in [-0.1, -0.05) is 5.21 Å². The molecule has 104 valence electrons. The molecule has 1 aliphatic rings. The molecule has 1 fully saturated rings. The lowest BCUT2D eigenvalue weighted by Crippen LogP contribution is -2.11. The zero-order valence-electron chi connectivity index (χ0n) is 11.3. The molecule has 2 aromatic rings. The molecule has 0 aliphatic heterocycles. The van der Waals surface area contributed by atoms with Crippen LogP contribution in [0.2, 0.25) is 0 Å². The average molecular weight is 272 g/mol. The molecule has 1 aliphatic carbocycles. The van der Waals surface area contributed by atoms with Crippen molar-refractivity contribution in [2.45, 2.75) is 32.2 Å². The highest BCUT2D eigenvalue weighted by Gasteiger charge is 2.34. The third-order valence-electron chi connectivity index (χ3n) is 3.29. The maximum absolute atomic E-state index is 11.9. The van der Waals surface area contributed by atoms with Gasteiger partial charge in [0.2, 0.25) is 0 Å². The number of hydrogen-bond acceptors (Lipinski definition) is 5. The van der Waals surface area contributed by atoms with Crippen molar-refractivity contribution in [3.63, 3.8) is 0 Å². The molecule has 6 nitrogen and oxygen atoms in total. The first-order chi connectivity index (χ1) is 9.79. The highest BCUT2D eigenvalue weighted by Crippen LogP contribution is 2.41. The normalized spacial score (nSPS) is 14.2. The summed E-state index contributed by atoms with van der Waals surface area (Å²) in [7, 11) is 0. The molecule has 0 radical (unpaired) electrons. The van der Waals surface area contributed by atoms with Crippen molar-refractivity contribution in [2.24, 2.45) is 0 Å². The third kappa shape index (κ3) is 2.54. The van der Waals surface area contributed by atoms with Crippen molar-refractivity contribution in [1.82, 2.24) is 20.0 Å². The molecule has 0 aromatic carbocycles. The van der Waals surface area contributed by atoms with Crippen molar-refractivity contribution in [3.05, 3.63) is 41.5 Å². The van der Waals surface area contributed by atoms with Crippen LogP contribution in [0.15, 0.2) is 24.5 Å². The predicted octanol–water partition coefficient (Wildman–Crippen LogP) is 1.78. The van der Waals surface area contributed by atoms with Gasteiger partial charge in [0.05, 0.1) is 18.8 Å². The van der Waals surface area contributed by atoms with Crippen LogP contribution in [0.1, 0.15) is 47.4 Å². The second-order valence-corrected chi connectivity index (χ2v) is 4.83. The van der Waals surface area contributed by atoms with Crippen LogP contribution in [0.25, 0.3) is 0 Å². The molecule has 0 unspecified atom stereocenters. The molecule has 0 bridgehead atoms. The van der Waals surface area contributed by atoms with Crippen molar-refractivity contribution in [2.75, 3.05) is 6.61 Å². The zero-order valence-corrected chi connectivity index (χ0v) is 11.3. The van der Waals surface area contributed by atoms with E-state index in [1.165, 1.54) is 0 Å². The summed E-state index contributed by atoms with van der Waals surface area (Å²) in [5.74, 6) is 0.00150. The number of carbonyl (C=O) groups is 1. The molecule has 0 N–H and O–H groups in total. The van der Waals surface area contributed by atoms with Crippen molar-refractivity contribution < 1.29 is 9.53 Å². The van der Waals surface area contributed by atoms with E-state index in [1.807, 2.05) is 12.1 Å². The molecule has 2 heterocycles. The van der Waals surface area contributed by atoms with E-state index < -0.39 is 0 Å². The number of aromatic nitrogens is 4.